The van der Waals surface area contributed by atoms with Crippen molar-refractivity contribution in [2.24, 2.45) is 5.92 Å². The molecule has 0 aliphatic carbocycles. The number of hydrogen-bond acceptors (Lipinski definition) is 3. The Kier molecular flexibility index (Phi) is 4.14. The Morgan fingerprint density at radius 1 is 1.26 bits per heavy atom. The van der Waals surface area contributed by atoms with Gasteiger partial charge < -0.3 is 5.73 Å². The monoisotopic (exact) mass is 323 g/mol. The predicted octanol–water partition coefficient (Wildman–Crippen LogP) is 3.83. The molecular weight excluding hydrogens is 309 g/mol. The fourth-order valence-electron chi connectivity index (χ4n) is 1.81. The summed E-state index contributed by atoms with van der Waals surface area (Å²) >= 11 is 3.12. The molecule has 2 aromatic rings. The van der Waals surface area contributed by atoms with Crippen LogP contribution in [0.4, 0.5) is 10.2 Å². The van der Waals surface area contributed by atoms with Crippen LogP contribution in [0.2, 0.25) is 0 Å². The molecule has 5 heteroatoms. The van der Waals surface area contributed by atoms with Crippen molar-refractivity contribution in [3.63, 3.8) is 0 Å². The first-order valence-corrected chi connectivity index (χ1v) is 6.84. The molecule has 0 aliphatic heterocycles. The van der Waals surface area contributed by atoms with Crippen LogP contribution < -0.4 is 5.73 Å². The van der Waals surface area contributed by atoms with Crippen molar-refractivity contribution in [3.8, 4) is 11.4 Å². The lowest BCUT2D eigenvalue weighted by Gasteiger charge is -2.08. The van der Waals surface area contributed by atoms with E-state index < -0.39 is 0 Å². The van der Waals surface area contributed by atoms with Gasteiger partial charge in [0.15, 0.2) is 5.82 Å². The van der Waals surface area contributed by atoms with E-state index in [1.165, 1.54) is 6.07 Å². The average Bonchev–Trinajstić information content (AvgIpc) is 2.31. The van der Waals surface area contributed by atoms with Gasteiger partial charge in [0.1, 0.15) is 11.6 Å². The van der Waals surface area contributed by atoms with Crippen LogP contribution in [0, 0.1) is 11.7 Å². The van der Waals surface area contributed by atoms with Gasteiger partial charge in [-0.2, -0.15) is 0 Å². The maximum absolute atomic E-state index is 13.5. The molecule has 0 unspecified atom stereocenters. The van der Waals surface area contributed by atoms with E-state index in [1.807, 2.05) is 0 Å². The van der Waals surface area contributed by atoms with Crippen molar-refractivity contribution in [2.45, 2.75) is 20.3 Å². The number of benzene rings is 1. The first-order chi connectivity index (χ1) is 8.95. The highest BCUT2D eigenvalue weighted by molar-refractivity contribution is 9.10. The Morgan fingerprint density at radius 2 is 2.00 bits per heavy atom. The highest BCUT2D eigenvalue weighted by Crippen LogP contribution is 2.23. The molecule has 0 fully saturated rings. The Morgan fingerprint density at radius 3 is 2.63 bits per heavy atom. The molecule has 3 nitrogen and oxygen atoms in total. The summed E-state index contributed by atoms with van der Waals surface area (Å²) in [5.74, 6) is 1.00. The minimum absolute atomic E-state index is 0.339. The zero-order chi connectivity index (χ0) is 14.0. The number of nitrogen functional groups attached to an aromatic ring is 1. The number of rotatable bonds is 3. The van der Waals surface area contributed by atoms with Gasteiger partial charge in [0.05, 0.1) is 4.47 Å². The zero-order valence-corrected chi connectivity index (χ0v) is 12.4. The number of anilines is 1. The Labute approximate surface area is 120 Å². The van der Waals surface area contributed by atoms with Crippen LogP contribution in [0.3, 0.4) is 0 Å². The summed E-state index contributed by atoms with van der Waals surface area (Å²) in [5.41, 5.74) is 7.29. The number of nitrogens with two attached hydrogens (primary N) is 1. The Balaban J connectivity index is 2.43. The molecule has 0 saturated carbocycles. The van der Waals surface area contributed by atoms with Crippen molar-refractivity contribution >= 4 is 21.7 Å². The Bertz CT molecular complexity index is 599. The number of nitrogens with zero attached hydrogens (tertiary/aromatic N) is 2. The molecule has 0 radical (unpaired) electrons. The van der Waals surface area contributed by atoms with Gasteiger partial charge in [0, 0.05) is 17.3 Å². The molecule has 1 aromatic heterocycles. The topological polar surface area (TPSA) is 51.8 Å². The van der Waals surface area contributed by atoms with E-state index in [1.54, 1.807) is 18.2 Å². The lowest BCUT2D eigenvalue weighted by atomic mass is 10.1. The van der Waals surface area contributed by atoms with Crippen molar-refractivity contribution < 1.29 is 4.39 Å². The van der Waals surface area contributed by atoms with Crippen LogP contribution in [-0.2, 0) is 6.42 Å². The fraction of sp³-hybridized carbons (Fsp3) is 0.286. The molecule has 1 aromatic carbocycles. The average molecular weight is 324 g/mol. The third-order valence-electron chi connectivity index (χ3n) is 2.59. The van der Waals surface area contributed by atoms with Crippen LogP contribution in [0.1, 0.15) is 19.5 Å². The molecule has 0 atom stereocenters. The lowest BCUT2D eigenvalue weighted by Crippen LogP contribution is -2.03. The molecule has 0 bridgehead atoms. The highest BCUT2D eigenvalue weighted by atomic mass is 79.9. The zero-order valence-electron chi connectivity index (χ0n) is 10.8. The number of halogens is 2. The lowest BCUT2D eigenvalue weighted by molar-refractivity contribution is 0.621. The maximum Gasteiger partial charge on any atom is 0.161 e. The molecule has 2 N–H and O–H groups in total. The van der Waals surface area contributed by atoms with E-state index >= 15 is 0 Å². The summed E-state index contributed by atoms with van der Waals surface area (Å²) in [4.78, 5) is 8.61. The van der Waals surface area contributed by atoms with Crippen molar-refractivity contribution in [3.05, 3.63) is 40.2 Å². The van der Waals surface area contributed by atoms with Gasteiger partial charge >= 0.3 is 0 Å². The third kappa shape index (κ3) is 3.50. The second-order valence-electron chi connectivity index (χ2n) is 4.83. The molecule has 1 heterocycles. The smallest absolute Gasteiger partial charge is 0.161 e. The van der Waals surface area contributed by atoms with Crippen molar-refractivity contribution in [1.82, 2.24) is 9.97 Å². The third-order valence-corrected chi connectivity index (χ3v) is 3.24. The first kappa shape index (κ1) is 13.9. The molecule has 0 amide bonds. The normalized spacial score (nSPS) is 11.0. The van der Waals surface area contributed by atoms with Crippen molar-refractivity contribution in [2.75, 3.05) is 5.73 Å². The van der Waals surface area contributed by atoms with Gasteiger partial charge in [-0.1, -0.05) is 13.8 Å². The largest absolute Gasteiger partial charge is 0.384 e. The van der Waals surface area contributed by atoms with Gasteiger partial charge in [-0.3, -0.25) is 0 Å². The van der Waals surface area contributed by atoms with Gasteiger partial charge in [0.25, 0.3) is 0 Å². The summed E-state index contributed by atoms with van der Waals surface area (Å²) in [6, 6.07) is 6.57. The molecule has 100 valence electrons. The van der Waals surface area contributed by atoms with E-state index in [4.69, 9.17) is 5.73 Å². The van der Waals surface area contributed by atoms with Gasteiger partial charge in [0.2, 0.25) is 0 Å². The summed E-state index contributed by atoms with van der Waals surface area (Å²) in [7, 11) is 0. The molecule has 0 saturated heterocycles. The van der Waals surface area contributed by atoms with Crippen LogP contribution in [0.15, 0.2) is 28.7 Å². The van der Waals surface area contributed by atoms with E-state index in [9.17, 15) is 4.39 Å². The second-order valence-corrected chi connectivity index (χ2v) is 5.69. The standard InChI is InChI=1S/C14H15BrFN3/c1-8(2)5-10-7-13(17)19-14(18-10)9-3-4-11(15)12(16)6-9/h3-4,6-8H,5H2,1-2H3,(H2,17,18,19). The minimum Gasteiger partial charge on any atom is -0.384 e. The van der Waals surface area contributed by atoms with Gasteiger partial charge in [-0.25, -0.2) is 14.4 Å². The van der Waals surface area contributed by atoms with Gasteiger partial charge in [-0.05, 0) is 46.5 Å². The summed E-state index contributed by atoms with van der Waals surface area (Å²) in [5, 5.41) is 0. The van der Waals surface area contributed by atoms with E-state index in [0.717, 1.165) is 12.1 Å². The summed E-state index contributed by atoms with van der Waals surface area (Å²) in [6.45, 7) is 4.22. The van der Waals surface area contributed by atoms with E-state index in [-0.39, 0.29) is 5.82 Å². The van der Waals surface area contributed by atoms with Crippen LogP contribution >= 0.6 is 15.9 Å². The SMILES string of the molecule is CC(C)Cc1cc(N)nc(-c2ccc(Br)c(F)c2)n1. The van der Waals surface area contributed by atoms with Crippen LogP contribution in [-0.4, -0.2) is 9.97 Å². The maximum atomic E-state index is 13.5. The van der Waals surface area contributed by atoms with Crippen LogP contribution in [0.5, 0.6) is 0 Å². The molecule has 19 heavy (non-hydrogen) atoms. The molecule has 2 rings (SSSR count). The minimum atomic E-state index is -0.339. The highest BCUT2D eigenvalue weighted by Gasteiger charge is 2.09. The number of aromatic nitrogens is 2. The molecule has 0 aliphatic rings. The molecular formula is C14H15BrFN3. The predicted molar refractivity (Wildman–Crippen MR) is 78.1 cm³/mol. The van der Waals surface area contributed by atoms with E-state index in [0.29, 0.717) is 27.6 Å². The summed E-state index contributed by atoms with van der Waals surface area (Å²) in [6.07, 6.45) is 0.818. The van der Waals surface area contributed by atoms with E-state index in [2.05, 4.69) is 39.7 Å². The van der Waals surface area contributed by atoms with Crippen LogP contribution in [0.25, 0.3) is 11.4 Å². The number of hydrogen-bond donors (Lipinski definition) is 1. The van der Waals surface area contributed by atoms with Gasteiger partial charge in [-0.15, -0.1) is 0 Å². The quantitative estimate of drug-likeness (QED) is 0.934. The Hall–Kier alpha value is -1.49. The fourth-order valence-corrected chi connectivity index (χ4v) is 2.05. The van der Waals surface area contributed by atoms with Crippen molar-refractivity contribution in [1.29, 1.82) is 0 Å². The molecule has 0 spiro atoms. The first-order valence-electron chi connectivity index (χ1n) is 6.04. The summed E-state index contributed by atoms with van der Waals surface area (Å²) < 4.78 is 14.0. The second kappa shape index (κ2) is 5.65.